The van der Waals surface area contributed by atoms with Crippen molar-refractivity contribution in [3.63, 3.8) is 0 Å². The second-order valence-corrected chi connectivity index (χ2v) is 11.1. The number of carbonyl (C=O) groups is 1. The summed E-state index contributed by atoms with van der Waals surface area (Å²) in [7, 11) is -3.41. The summed E-state index contributed by atoms with van der Waals surface area (Å²) < 4.78 is 39.2. The molecule has 7 nitrogen and oxygen atoms in total. The summed E-state index contributed by atoms with van der Waals surface area (Å²) in [6.45, 7) is 3.70. The molecule has 2 aliphatic rings. The molecule has 2 heterocycles. The number of benzene rings is 2. The van der Waals surface area contributed by atoms with Gasteiger partial charge in [-0.15, -0.1) is 0 Å². The van der Waals surface area contributed by atoms with Gasteiger partial charge in [0.15, 0.2) is 11.5 Å². The van der Waals surface area contributed by atoms with E-state index in [1.807, 2.05) is 37.3 Å². The predicted molar refractivity (Wildman–Crippen MR) is 125 cm³/mol. The number of ether oxygens (including phenoxy) is 2. The number of carbonyl (C=O) groups excluding carboxylic acids is 1. The third-order valence-electron chi connectivity index (χ3n) is 5.91. The number of fused-ring (bicyclic) bond motifs is 1. The fourth-order valence-electron chi connectivity index (χ4n) is 4.02. The van der Waals surface area contributed by atoms with E-state index < -0.39 is 10.0 Å². The lowest BCUT2D eigenvalue weighted by Crippen LogP contribution is -2.43. The van der Waals surface area contributed by atoms with Crippen LogP contribution in [0, 0.1) is 5.92 Å². The fraction of sp³-hybridized carbons (Fsp3) is 0.435. The average Bonchev–Trinajstić information content (AvgIpc) is 2.80. The van der Waals surface area contributed by atoms with Crippen molar-refractivity contribution in [3.05, 3.63) is 58.1 Å². The second kappa shape index (κ2) is 9.80. The minimum absolute atomic E-state index is 0.0295. The van der Waals surface area contributed by atoms with Crippen LogP contribution in [0.2, 0.25) is 0 Å². The molecule has 0 bridgehead atoms. The largest absolute Gasteiger partial charge is 0.486 e. The standard InChI is InChI=1S/C23H27BrN2O5S/c1-16(19-4-7-21-22(14-19)31-13-12-30-21)25-23(27)18-8-10-26(11-9-18)32(28,29)15-17-2-5-20(24)6-3-17/h2-7,14,16,18H,8-13,15H2,1H3,(H,25,27). The lowest BCUT2D eigenvalue weighted by atomic mass is 9.96. The Morgan fingerprint density at radius 1 is 1.09 bits per heavy atom. The number of hydrogen-bond acceptors (Lipinski definition) is 5. The summed E-state index contributed by atoms with van der Waals surface area (Å²) in [5.41, 5.74) is 1.69. The highest BCUT2D eigenvalue weighted by Gasteiger charge is 2.31. The first-order valence-corrected chi connectivity index (χ1v) is 13.1. The highest BCUT2D eigenvalue weighted by atomic mass is 79.9. The Hall–Kier alpha value is -2.10. The molecular formula is C23H27BrN2O5S. The number of rotatable bonds is 6. The van der Waals surface area contributed by atoms with Crippen molar-refractivity contribution in [2.24, 2.45) is 5.92 Å². The number of piperidine rings is 1. The van der Waals surface area contributed by atoms with Crippen LogP contribution < -0.4 is 14.8 Å². The number of halogens is 1. The van der Waals surface area contributed by atoms with E-state index >= 15 is 0 Å². The SMILES string of the molecule is CC(NC(=O)C1CCN(S(=O)(=O)Cc2ccc(Br)cc2)CC1)c1ccc2c(c1)OCCO2. The van der Waals surface area contributed by atoms with Gasteiger partial charge in [0.25, 0.3) is 0 Å². The van der Waals surface area contributed by atoms with Crippen molar-refractivity contribution in [2.45, 2.75) is 31.6 Å². The molecule has 1 atom stereocenters. The number of nitrogens with one attached hydrogen (secondary N) is 1. The Morgan fingerprint density at radius 3 is 2.44 bits per heavy atom. The molecule has 1 fully saturated rings. The third-order valence-corrected chi connectivity index (χ3v) is 8.28. The number of hydrogen-bond donors (Lipinski definition) is 1. The molecule has 0 aromatic heterocycles. The van der Waals surface area contributed by atoms with Crippen molar-refractivity contribution in [1.82, 2.24) is 9.62 Å². The Labute approximate surface area is 197 Å². The van der Waals surface area contributed by atoms with Crippen LogP contribution in [-0.2, 0) is 20.6 Å². The average molecular weight is 523 g/mol. The molecule has 0 saturated carbocycles. The summed E-state index contributed by atoms with van der Waals surface area (Å²) in [6.07, 6.45) is 1.03. The van der Waals surface area contributed by atoms with Crippen LogP contribution in [0.4, 0.5) is 0 Å². The molecule has 0 radical (unpaired) electrons. The summed E-state index contributed by atoms with van der Waals surface area (Å²) in [5.74, 6) is 1.14. The highest BCUT2D eigenvalue weighted by molar-refractivity contribution is 9.10. The topological polar surface area (TPSA) is 84.9 Å². The zero-order chi connectivity index (χ0) is 22.7. The van der Waals surface area contributed by atoms with Gasteiger partial charge in [-0.1, -0.05) is 34.1 Å². The van der Waals surface area contributed by atoms with Gasteiger partial charge < -0.3 is 14.8 Å². The molecule has 1 unspecified atom stereocenters. The molecule has 1 saturated heterocycles. The maximum atomic E-state index is 12.8. The molecule has 1 amide bonds. The number of amides is 1. The van der Waals surface area contributed by atoms with Gasteiger partial charge in [-0.2, -0.15) is 0 Å². The van der Waals surface area contributed by atoms with Crippen LogP contribution in [0.3, 0.4) is 0 Å². The lowest BCUT2D eigenvalue weighted by Gasteiger charge is -2.31. The van der Waals surface area contributed by atoms with Crippen LogP contribution in [-0.4, -0.2) is 44.9 Å². The predicted octanol–water partition coefficient (Wildman–Crippen LogP) is 3.64. The van der Waals surface area contributed by atoms with Crippen LogP contribution in [0.5, 0.6) is 11.5 Å². The van der Waals surface area contributed by atoms with E-state index in [2.05, 4.69) is 21.2 Å². The van der Waals surface area contributed by atoms with Gasteiger partial charge in [0, 0.05) is 23.5 Å². The third kappa shape index (κ3) is 5.44. The second-order valence-electron chi connectivity index (χ2n) is 8.19. The van der Waals surface area contributed by atoms with Crippen LogP contribution in [0.15, 0.2) is 46.9 Å². The zero-order valence-electron chi connectivity index (χ0n) is 17.9. The summed E-state index contributed by atoms with van der Waals surface area (Å²) in [4.78, 5) is 12.8. The van der Waals surface area contributed by atoms with Crippen LogP contribution >= 0.6 is 15.9 Å². The molecule has 2 aromatic rings. The summed E-state index contributed by atoms with van der Waals surface area (Å²) >= 11 is 3.36. The molecule has 0 spiro atoms. The monoisotopic (exact) mass is 522 g/mol. The van der Waals surface area contributed by atoms with Gasteiger partial charge in [-0.3, -0.25) is 4.79 Å². The van der Waals surface area contributed by atoms with E-state index in [-0.39, 0.29) is 23.6 Å². The molecule has 0 aliphatic carbocycles. The fourth-order valence-corrected chi connectivity index (χ4v) is 5.85. The van der Waals surface area contributed by atoms with Crippen molar-refractivity contribution >= 4 is 31.9 Å². The molecule has 32 heavy (non-hydrogen) atoms. The Kier molecular flexibility index (Phi) is 7.07. The van der Waals surface area contributed by atoms with E-state index in [1.54, 1.807) is 12.1 Å². The van der Waals surface area contributed by atoms with Gasteiger partial charge in [-0.25, -0.2) is 12.7 Å². The molecule has 172 valence electrons. The molecule has 2 aromatic carbocycles. The first-order chi connectivity index (χ1) is 15.3. The number of sulfonamides is 1. The minimum atomic E-state index is -3.41. The van der Waals surface area contributed by atoms with Crippen molar-refractivity contribution in [2.75, 3.05) is 26.3 Å². The minimum Gasteiger partial charge on any atom is -0.486 e. The molecular weight excluding hydrogens is 496 g/mol. The maximum absolute atomic E-state index is 12.8. The Morgan fingerprint density at radius 2 is 1.75 bits per heavy atom. The summed E-state index contributed by atoms with van der Waals surface area (Å²) in [6, 6.07) is 12.8. The first-order valence-electron chi connectivity index (χ1n) is 10.7. The van der Waals surface area contributed by atoms with Gasteiger partial charge in [0.2, 0.25) is 15.9 Å². The van der Waals surface area contributed by atoms with E-state index in [4.69, 9.17) is 9.47 Å². The maximum Gasteiger partial charge on any atom is 0.223 e. The molecule has 4 rings (SSSR count). The highest BCUT2D eigenvalue weighted by Crippen LogP contribution is 2.33. The van der Waals surface area contributed by atoms with Crippen LogP contribution in [0.25, 0.3) is 0 Å². The summed E-state index contributed by atoms with van der Waals surface area (Å²) in [5, 5.41) is 3.06. The van der Waals surface area contributed by atoms with Crippen molar-refractivity contribution < 1.29 is 22.7 Å². The lowest BCUT2D eigenvalue weighted by molar-refractivity contribution is -0.126. The van der Waals surface area contributed by atoms with Crippen LogP contribution in [0.1, 0.15) is 36.9 Å². The normalized spacial score (nSPS) is 18.2. The van der Waals surface area contributed by atoms with Crippen molar-refractivity contribution in [1.29, 1.82) is 0 Å². The first kappa shape index (κ1) is 23.1. The van der Waals surface area contributed by atoms with E-state index in [0.717, 1.165) is 21.3 Å². The van der Waals surface area contributed by atoms with Gasteiger partial charge >= 0.3 is 0 Å². The smallest absolute Gasteiger partial charge is 0.223 e. The Bertz CT molecular complexity index is 1070. The van der Waals surface area contributed by atoms with E-state index in [1.165, 1.54) is 4.31 Å². The molecule has 2 aliphatic heterocycles. The van der Waals surface area contributed by atoms with E-state index in [9.17, 15) is 13.2 Å². The number of nitrogens with zero attached hydrogens (tertiary/aromatic N) is 1. The van der Waals surface area contributed by atoms with E-state index in [0.29, 0.717) is 44.9 Å². The van der Waals surface area contributed by atoms with Gasteiger partial charge in [0.1, 0.15) is 13.2 Å². The molecule has 1 N–H and O–H groups in total. The van der Waals surface area contributed by atoms with Gasteiger partial charge in [-0.05, 0) is 55.2 Å². The Balaban J connectivity index is 1.30. The zero-order valence-corrected chi connectivity index (χ0v) is 20.3. The quantitative estimate of drug-likeness (QED) is 0.625. The van der Waals surface area contributed by atoms with Crippen molar-refractivity contribution in [3.8, 4) is 11.5 Å². The van der Waals surface area contributed by atoms with Gasteiger partial charge in [0.05, 0.1) is 11.8 Å². The molecule has 9 heteroatoms.